The predicted molar refractivity (Wildman–Crippen MR) is 107 cm³/mol. The molecule has 0 spiro atoms. The summed E-state index contributed by atoms with van der Waals surface area (Å²) in [7, 11) is 1.84. The number of aromatic nitrogens is 3. The molecular weight excluding hydrogens is 431 g/mol. The molecule has 2 fully saturated rings. The van der Waals surface area contributed by atoms with Crippen LogP contribution < -0.4 is 10.6 Å². The maximum Gasteiger partial charge on any atom is 0.191 e. The van der Waals surface area contributed by atoms with Crippen LogP contribution in [0.25, 0.3) is 0 Å². The van der Waals surface area contributed by atoms with Crippen LogP contribution in [0.5, 0.6) is 0 Å². The fourth-order valence-corrected chi connectivity index (χ4v) is 4.68. The van der Waals surface area contributed by atoms with Crippen molar-refractivity contribution in [3.63, 3.8) is 0 Å². The van der Waals surface area contributed by atoms with E-state index in [2.05, 4.69) is 39.6 Å². The lowest BCUT2D eigenvalue weighted by Crippen LogP contribution is -2.68. The number of fused-ring (bicyclic) bond motifs is 2. The minimum atomic E-state index is 0. The van der Waals surface area contributed by atoms with Crippen molar-refractivity contribution in [1.29, 1.82) is 0 Å². The summed E-state index contributed by atoms with van der Waals surface area (Å²) < 4.78 is 7.91. The smallest absolute Gasteiger partial charge is 0.191 e. The largest absolute Gasteiger partial charge is 0.377 e. The molecule has 4 atom stereocenters. The first-order valence-corrected chi connectivity index (χ1v) is 9.01. The van der Waals surface area contributed by atoms with Crippen molar-refractivity contribution in [3.05, 3.63) is 11.6 Å². The number of halogens is 1. The maximum atomic E-state index is 5.89. The number of aliphatic imine (C=N–C) groups is 1. The van der Waals surface area contributed by atoms with Crippen molar-refractivity contribution in [2.75, 3.05) is 13.7 Å². The van der Waals surface area contributed by atoms with E-state index in [1.54, 1.807) is 0 Å². The summed E-state index contributed by atoms with van der Waals surface area (Å²) in [4.78, 5) is 8.93. The van der Waals surface area contributed by atoms with E-state index in [4.69, 9.17) is 4.74 Å². The topological polar surface area (TPSA) is 76.4 Å². The van der Waals surface area contributed by atoms with Crippen LogP contribution in [-0.4, -0.2) is 52.6 Å². The third-order valence-electron chi connectivity index (χ3n) is 5.92. The highest BCUT2D eigenvalue weighted by atomic mass is 127. The Labute approximate surface area is 166 Å². The van der Waals surface area contributed by atoms with Crippen molar-refractivity contribution in [2.45, 2.75) is 64.8 Å². The molecule has 7 nitrogen and oxygen atoms in total. The summed E-state index contributed by atoms with van der Waals surface area (Å²) in [5, 5.41) is 11.7. The summed E-state index contributed by atoms with van der Waals surface area (Å²) in [6.07, 6.45) is 3.56. The average molecular weight is 460 g/mol. The summed E-state index contributed by atoms with van der Waals surface area (Å²) in [6, 6.07) is 0.757. The number of guanidine groups is 1. The summed E-state index contributed by atoms with van der Waals surface area (Å²) in [6.45, 7) is 8.26. The van der Waals surface area contributed by atoms with Gasteiger partial charge >= 0.3 is 0 Å². The van der Waals surface area contributed by atoms with Crippen LogP contribution in [-0.2, 0) is 17.7 Å². The number of nitrogens with one attached hydrogen (secondary N) is 2. The van der Waals surface area contributed by atoms with Gasteiger partial charge in [0.2, 0.25) is 0 Å². The van der Waals surface area contributed by atoms with Crippen LogP contribution >= 0.6 is 24.0 Å². The number of hydrogen-bond donors (Lipinski definition) is 2. The molecule has 0 bridgehead atoms. The summed E-state index contributed by atoms with van der Waals surface area (Å²) >= 11 is 0. The predicted octanol–water partition coefficient (Wildman–Crippen LogP) is 1.50. The molecule has 0 amide bonds. The van der Waals surface area contributed by atoms with Gasteiger partial charge in [-0.25, -0.2) is 9.67 Å². The first kappa shape index (κ1) is 18.9. The quantitative estimate of drug-likeness (QED) is 0.398. The van der Waals surface area contributed by atoms with E-state index in [9.17, 15) is 0 Å². The Hall–Kier alpha value is -0.900. The van der Waals surface area contributed by atoms with Gasteiger partial charge < -0.3 is 15.4 Å². The van der Waals surface area contributed by atoms with Crippen LogP contribution in [0, 0.1) is 18.3 Å². The molecule has 1 aliphatic carbocycles. The fraction of sp³-hybridized carbons (Fsp3) is 0.824. The molecule has 140 valence electrons. The van der Waals surface area contributed by atoms with Gasteiger partial charge in [0.05, 0.1) is 12.6 Å². The van der Waals surface area contributed by atoms with Crippen molar-refractivity contribution >= 4 is 29.9 Å². The molecule has 25 heavy (non-hydrogen) atoms. The fourth-order valence-electron chi connectivity index (χ4n) is 4.68. The molecule has 3 aliphatic rings. The Morgan fingerprint density at radius 2 is 2.12 bits per heavy atom. The molecule has 2 aliphatic heterocycles. The Morgan fingerprint density at radius 1 is 1.32 bits per heavy atom. The second kappa shape index (κ2) is 7.02. The molecule has 0 aromatic carbocycles. The molecule has 1 aromatic rings. The Morgan fingerprint density at radius 3 is 2.88 bits per heavy atom. The lowest BCUT2D eigenvalue weighted by molar-refractivity contribution is -0.106. The number of rotatable bonds is 2. The number of hydrogen-bond acceptors (Lipinski definition) is 4. The summed E-state index contributed by atoms with van der Waals surface area (Å²) in [5.41, 5.74) is 0.154. The lowest BCUT2D eigenvalue weighted by atomic mass is 9.57. The average Bonchev–Trinajstić information content (AvgIpc) is 3.14. The maximum absolute atomic E-state index is 5.89. The van der Waals surface area contributed by atoms with Crippen LogP contribution in [0.15, 0.2) is 4.99 Å². The highest BCUT2D eigenvalue weighted by molar-refractivity contribution is 14.0. The van der Waals surface area contributed by atoms with Crippen molar-refractivity contribution < 1.29 is 4.74 Å². The molecule has 4 rings (SSSR count). The molecular formula is C17H29IN6O. The summed E-state index contributed by atoms with van der Waals surface area (Å²) in [5.74, 6) is 3.45. The number of nitrogens with zero attached hydrogens (tertiary/aromatic N) is 4. The van der Waals surface area contributed by atoms with E-state index in [0.717, 1.165) is 50.0 Å². The SMILES string of the molecule is CN=C(NC1CCc2nc(C)nn2C1)NC1C2CCOC2C1(C)C.I. The molecule has 1 aromatic heterocycles. The zero-order valence-corrected chi connectivity index (χ0v) is 17.8. The molecule has 1 saturated heterocycles. The van der Waals surface area contributed by atoms with E-state index in [-0.39, 0.29) is 29.4 Å². The van der Waals surface area contributed by atoms with E-state index in [1.807, 2.05) is 18.7 Å². The van der Waals surface area contributed by atoms with Gasteiger partial charge in [-0.3, -0.25) is 4.99 Å². The van der Waals surface area contributed by atoms with Gasteiger partial charge in [0.15, 0.2) is 5.96 Å². The van der Waals surface area contributed by atoms with Gasteiger partial charge in [-0.15, -0.1) is 24.0 Å². The van der Waals surface area contributed by atoms with Crippen LogP contribution in [0.3, 0.4) is 0 Å². The standard InChI is InChI=1S/C17H28N6O.HI/c1-10-19-13-6-5-11(9-23(13)22-10)20-16(18-4)21-14-12-7-8-24-15(12)17(14,2)3;/h11-12,14-15H,5-9H2,1-4H3,(H2,18,20,21);1H. The number of ether oxygens (including phenoxy) is 1. The van der Waals surface area contributed by atoms with Gasteiger partial charge in [-0.2, -0.15) is 5.10 Å². The van der Waals surface area contributed by atoms with Crippen molar-refractivity contribution in [3.8, 4) is 0 Å². The minimum Gasteiger partial charge on any atom is -0.377 e. The zero-order chi connectivity index (χ0) is 16.9. The minimum absolute atomic E-state index is 0. The Balaban J connectivity index is 0.00000182. The van der Waals surface area contributed by atoms with Gasteiger partial charge in [-0.1, -0.05) is 13.8 Å². The van der Waals surface area contributed by atoms with Gasteiger partial charge in [0.1, 0.15) is 11.6 Å². The van der Waals surface area contributed by atoms with Crippen LogP contribution in [0.4, 0.5) is 0 Å². The second-order valence-corrected chi connectivity index (χ2v) is 7.90. The first-order valence-electron chi connectivity index (χ1n) is 9.01. The highest BCUT2D eigenvalue weighted by Crippen LogP contribution is 2.52. The molecule has 3 heterocycles. The van der Waals surface area contributed by atoms with Crippen LogP contribution in [0.1, 0.15) is 38.3 Å². The monoisotopic (exact) mass is 460 g/mol. The lowest BCUT2D eigenvalue weighted by Gasteiger charge is -2.55. The normalized spacial score (nSPS) is 32.9. The van der Waals surface area contributed by atoms with Crippen molar-refractivity contribution in [2.24, 2.45) is 16.3 Å². The highest BCUT2D eigenvalue weighted by Gasteiger charge is 2.59. The molecule has 2 N–H and O–H groups in total. The molecule has 1 saturated carbocycles. The van der Waals surface area contributed by atoms with E-state index in [0.29, 0.717) is 24.1 Å². The number of aryl methyl sites for hydroxylation is 2. The first-order chi connectivity index (χ1) is 11.5. The van der Waals surface area contributed by atoms with E-state index in [1.165, 1.54) is 0 Å². The van der Waals surface area contributed by atoms with Gasteiger partial charge in [-0.05, 0) is 19.8 Å². The Kier molecular flexibility index (Phi) is 5.30. The zero-order valence-electron chi connectivity index (χ0n) is 15.5. The van der Waals surface area contributed by atoms with E-state index >= 15 is 0 Å². The van der Waals surface area contributed by atoms with Crippen molar-refractivity contribution in [1.82, 2.24) is 25.4 Å². The molecule has 4 unspecified atom stereocenters. The molecule has 8 heteroatoms. The third-order valence-corrected chi connectivity index (χ3v) is 5.92. The van der Waals surface area contributed by atoms with Crippen LogP contribution in [0.2, 0.25) is 0 Å². The molecule has 0 radical (unpaired) electrons. The van der Waals surface area contributed by atoms with Gasteiger partial charge in [0.25, 0.3) is 0 Å². The Bertz CT molecular complexity index is 658. The van der Waals surface area contributed by atoms with E-state index < -0.39 is 0 Å². The second-order valence-electron chi connectivity index (χ2n) is 7.90. The third kappa shape index (κ3) is 3.27. The van der Waals surface area contributed by atoms with Gasteiger partial charge in [0, 0.05) is 43.5 Å².